The van der Waals surface area contributed by atoms with Gasteiger partial charge in [-0.05, 0) is 40.5 Å². The van der Waals surface area contributed by atoms with Crippen LogP contribution in [-0.2, 0) is 11.3 Å². The van der Waals surface area contributed by atoms with Crippen LogP contribution in [-0.4, -0.2) is 33.9 Å². The zero-order valence-corrected chi connectivity index (χ0v) is 12.5. The number of anilines is 1. The molecule has 0 saturated heterocycles. The van der Waals surface area contributed by atoms with Gasteiger partial charge in [0.05, 0.1) is 6.54 Å². The molecule has 114 valence electrons. The molecular weight excluding hydrogens is 273 g/mol. The maximum Gasteiger partial charge on any atom is 0.184 e. The number of tetrazole rings is 1. The topological polar surface area (TPSA) is 78.8 Å². The molecule has 2 rings (SSSR count). The fourth-order valence-corrected chi connectivity index (χ4v) is 2.10. The summed E-state index contributed by atoms with van der Waals surface area (Å²) in [6, 6.07) is 4.21. The molecule has 0 atom stereocenters. The molecule has 0 saturated carbocycles. The van der Waals surface area contributed by atoms with Crippen LogP contribution in [0.4, 0.5) is 10.1 Å². The van der Waals surface area contributed by atoms with E-state index >= 15 is 0 Å². The van der Waals surface area contributed by atoms with Crippen molar-refractivity contribution >= 4 is 5.69 Å². The lowest BCUT2D eigenvalue weighted by atomic mass is 9.89. The van der Waals surface area contributed by atoms with Crippen LogP contribution in [0.25, 0.3) is 11.4 Å². The molecule has 2 N–H and O–H groups in total. The molecule has 1 aromatic heterocycles. The zero-order valence-electron chi connectivity index (χ0n) is 12.5. The van der Waals surface area contributed by atoms with Crippen LogP contribution in [0, 0.1) is 11.2 Å². The maximum absolute atomic E-state index is 13.1. The average molecular weight is 293 g/mol. The first-order valence-electron chi connectivity index (χ1n) is 6.73. The Morgan fingerprint density at radius 1 is 1.38 bits per heavy atom. The highest BCUT2D eigenvalue weighted by Crippen LogP contribution is 2.28. The van der Waals surface area contributed by atoms with Crippen molar-refractivity contribution in [1.29, 1.82) is 0 Å². The summed E-state index contributed by atoms with van der Waals surface area (Å²) >= 11 is 0. The van der Waals surface area contributed by atoms with Gasteiger partial charge in [-0.2, -0.15) is 0 Å². The Morgan fingerprint density at radius 2 is 2.14 bits per heavy atom. The summed E-state index contributed by atoms with van der Waals surface area (Å²) in [4.78, 5) is 0. The first kappa shape index (κ1) is 15.4. The second-order valence-electron chi connectivity index (χ2n) is 5.80. The minimum atomic E-state index is -0.379. The van der Waals surface area contributed by atoms with Gasteiger partial charge >= 0.3 is 0 Å². The van der Waals surface area contributed by atoms with Gasteiger partial charge in [-0.15, -0.1) is 5.10 Å². The van der Waals surface area contributed by atoms with Crippen LogP contribution in [0.5, 0.6) is 0 Å². The molecule has 0 amide bonds. The molecule has 7 heteroatoms. The van der Waals surface area contributed by atoms with Crippen LogP contribution >= 0.6 is 0 Å². The number of nitrogens with two attached hydrogens (primary N) is 1. The van der Waals surface area contributed by atoms with Gasteiger partial charge in [0.1, 0.15) is 5.82 Å². The van der Waals surface area contributed by atoms with Gasteiger partial charge in [-0.3, -0.25) is 0 Å². The lowest BCUT2D eigenvalue weighted by molar-refractivity contribution is 0.140. The van der Waals surface area contributed by atoms with Crippen molar-refractivity contribution in [3.8, 4) is 11.4 Å². The standard InChI is InChI=1S/C14H20FN5O/c1-14(2,6-7-21-3)9-20-13(17-18-19-20)11-5-4-10(15)8-12(11)16/h4-5,8H,6-7,9,16H2,1-3H3. The second kappa shape index (κ2) is 6.17. The highest BCUT2D eigenvalue weighted by Gasteiger charge is 2.22. The molecule has 2 aromatic rings. The van der Waals surface area contributed by atoms with Gasteiger partial charge in [0.2, 0.25) is 0 Å². The van der Waals surface area contributed by atoms with Crippen molar-refractivity contribution in [3.63, 3.8) is 0 Å². The molecule has 0 aliphatic carbocycles. The summed E-state index contributed by atoms with van der Waals surface area (Å²) in [6.45, 7) is 5.52. The van der Waals surface area contributed by atoms with Crippen molar-refractivity contribution in [2.24, 2.45) is 5.41 Å². The van der Waals surface area contributed by atoms with Crippen LogP contribution in [0.1, 0.15) is 20.3 Å². The molecule has 21 heavy (non-hydrogen) atoms. The Hall–Kier alpha value is -2.02. The van der Waals surface area contributed by atoms with Crippen molar-refractivity contribution in [3.05, 3.63) is 24.0 Å². The Balaban J connectivity index is 2.26. The third-order valence-electron chi connectivity index (χ3n) is 3.35. The molecule has 1 aromatic carbocycles. The Labute approximate surface area is 123 Å². The van der Waals surface area contributed by atoms with E-state index in [1.165, 1.54) is 12.1 Å². The highest BCUT2D eigenvalue weighted by atomic mass is 19.1. The highest BCUT2D eigenvalue weighted by molar-refractivity contribution is 5.71. The molecule has 6 nitrogen and oxygen atoms in total. The fraction of sp³-hybridized carbons (Fsp3) is 0.500. The third kappa shape index (κ3) is 3.75. The van der Waals surface area contributed by atoms with Crippen molar-refractivity contribution in [2.45, 2.75) is 26.8 Å². The second-order valence-corrected chi connectivity index (χ2v) is 5.80. The maximum atomic E-state index is 13.1. The van der Waals surface area contributed by atoms with Crippen molar-refractivity contribution < 1.29 is 9.13 Å². The molecule has 0 fully saturated rings. The van der Waals surface area contributed by atoms with E-state index in [4.69, 9.17) is 10.5 Å². The number of hydrogen-bond donors (Lipinski definition) is 1. The predicted octanol–water partition coefficient (Wildman–Crippen LogP) is 2.12. The lowest BCUT2D eigenvalue weighted by Crippen LogP contribution is -2.23. The number of benzene rings is 1. The number of aromatic nitrogens is 4. The Morgan fingerprint density at radius 3 is 2.81 bits per heavy atom. The Bertz CT molecular complexity index is 611. The van der Waals surface area contributed by atoms with Crippen LogP contribution in [0.2, 0.25) is 0 Å². The van der Waals surface area contributed by atoms with Crippen molar-refractivity contribution in [1.82, 2.24) is 20.2 Å². The summed E-state index contributed by atoms with van der Waals surface area (Å²) in [5, 5.41) is 11.7. The number of nitrogens with zero attached hydrogens (tertiary/aromatic N) is 4. The van der Waals surface area contributed by atoms with E-state index in [1.807, 2.05) is 0 Å². The van der Waals surface area contributed by atoms with Crippen LogP contribution in [0.3, 0.4) is 0 Å². The number of hydrogen-bond acceptors (Lipinski definition) is 5. The molecule has 0 unspecified atom stereocenters. The first-order chi connectivity index (χ1) is 9.93. The minimum Gasteiger partial charge on any atom is -0.398 e. The molecule has 0 aliphatic rings. The number of ether oxygens (including phenoxy) is 1. The van der Waals surface area contributed by atoms with Gasteiger partial charge < -0.3 is 10.5 Å². The summed E-state index contributed by atoms with van der Waals surface area (Å²) in [6.07, 6.45) is 0.877. The summed E-state index contributed by atoms with van der Waals surface area (Å²) in [5.74, 6) is 0.161. The molecular formula is C14H20FN5O. The van der Waals surface area contributed by atoms with E-state index in [1.54, 1.807) is 17.9 Å². The average Bonchev–Trinajstić information content (AvgIpc) is 2.84. The number of nitrogen functional groups attached to an aromatic ring is 1. The van der Waals surface area contributed by atoms with E-state index < -0.39 is 0 Å². The van der Waals surface area contributed by atoms with E-state index in [0.717, 1.165) is 6.42 Å². The number of halogens is 1. The van der Waals surface area contributed by atoms with Gasteiger partial charge in [-0.1, -0.05) is 13.8 Å². The smallest absolute Gasteiger partial charge is 0.184 e. The van der Waals surface area contributed by atoms with Gasteiger partial charge in [0.25, 0.3) is 0 Å². The Kier molecular flexibility index (Phi) is 4.52. The predicted molar refractivity (Wildman–Crippen MR) is 77.9 cm³/mol. The van der Waals surface area contributed by atoms with Crippen LogP contribution < -0.4 is 5.73 Å². The van der Waals surface area contributed by atoms with E-state index in [0.29, 0.717) is 30.2 Å². The van der Waals surface area contributed by atoms with E-state index in [-0.39, 0.29) is 11.2 Å². The normalized spacial score (nSPS) is 11.8. The zero-order chi connectivity index (χ0) is 15.5. The van der Waals surface area contributed by atoms with Gasteiger partial charge in [0, 0.05) is 25.0 Å². The van der Waals surface area contributed by atoms with E-state index in [2.05, 4.69) is 29.4 Å². The lowest BCUT2D eigenvalue weighted by Gasteiger charge is -2.24. The SMILES string of the molecule is COCCC(C)(C)Cn1nnnc1-c1ccc(F)cc1N. The summed E-state index contributed by atoms with van der Waals surface area (Å²) in [7, 11) is 1.68. The van der Waals surface area contributed by atoms with Crippen molar-refractivity contribution in [2.75, 3.05) is 19.5 Å². The summed E-state index contributed by atoms with van der Waals surface area (Å²) in [5.41, 5.74) is 6.77. The van der Waals surface area contributed by atoms with Gasteiger partial charge in [-0.25, -0.2) is 9.07 Å². The van der Waals surface area contributed by atoms with Gasteiger partial charge in [0.15, 0.2) is 5.82 Å². The molecule has 0 spiro atoms. The van der Waals surface area contributed by atoms with Crippen LogP contribution in [0.15, 0.2) is 18.2 Å². The largest absolute Gasteiger partial charge is 0.398 e. The molecule has 0 bridgehead atoms. The third-order valence-corrected chi connectivity index (χ3v) is 3.35. The molecule has 0 aliphatic heterocycles. The minimum absolute atomic E-state index is 0.0328. The quantitative estimate of drug-likeness (QED) is 0.825. The van der Waals surface area contributed by atoms with E-state index in [9.17, 15) is 4.39 Å². The summed E-state index contributed by atoms with van der Waals surface area (Å²) < 4.78 is 20.0. The molecule has 0 radical (unpaired) electrons. The monoisotopic (exact) mass is 293 g/mol. The molecule has 1 heterocycles. The first-order valence-corrected chi connectivity index (χ1v) is 6.73. The number of rotatable bonds is 6. The number of methoxy groups -OCH3 is 1. The fourth-order valence-electron chi connectivity index (χ4n) is 2.10.